The van der Waals surface area contributed by atoms with E-state index >= 15 is 0 Å². The maximum absolute atomic E-state index is 10.1. The van der Waals surface area contributed by atoms with Crippen LogP contribution in [-0.4, -0.2) is 43.6 Å². The second kappa shape index (κ2) is 6.70. The summed E-state index contributed by atoms with van der Waals surface area (Å²) in [5.74, 6) is 0. The summed E-state index contributed by atoms with van der Waals surface area (Å²) >= 11 is 0. The Bertz CT molecular complexity index is 912. The summed E-state index contributed by atoms with van der Waals surface area (Å²) in [5, 5.41) is 13.7. The lowest BCUT2D eigenvalue weighted by atomic mass is 9.96. The topological polar surface area (TPSA) is 77.1 Å². The Hall–Kier alpha value is -2.44. The van der Waals surface area contributed by atoms with Crippen LogP contribution in [0.25, 0.3) is 11.2 Å². The first-order chi connectivity index (χ1) is 12.5. The Labute approximate surface area is 153 Å². The van der Waals surface area contributed by atoms with Gasteiger partial charge in [-0.15, -0.1) is 0 Å². The number of nitrogens with zero attached hydrogens (tertiary/aromatic N) is 3. The number of hydrogen-bond acceptors (Lipinski definition) is 5. The van der Waals surface area contributed by atoms with Crippen molar-refractivity contribution in [2.45, 2.75) is 39.0 Å². The first kappa shape index (κ1) is 17.0. The number of anilines is 1. The molecule has 4 rings (SSSR count). The third-order valence-corrected chi connectivity index (χ3v) is 4.81. The van der Waals surface area contributed by atoms with Gasteiger partial charge in [-0.3, -0.25) is 9.88 Å². The molecular weight excluding hydrogens is 326 g/mol. The van der Waals surface area contributed by atoms with Gasteiger partial charge in [0.05, 0.1) is 5.60 Å². The predicted molar refractivity (Wildman–Crippen MR) is 103 cm³/mol. The van der Waals surface area contributed by atoms with Crippen molar-refractivity contribution in [3.63, 3.8) is 0 Å². The lowest BCUT2D eigenvalue weighted by Crippen LogP contribution is -2.41. The van der Waals surface area contributed by atoms with Crippen LogP contribution in [0.15, 0.2) is 36.8 Å². The van der Waals surface area contributed by atoms with Crippen LogP contribution in [0.3, 0.4) is 0 Å². The number of fused-ring (bicyclic) bond motifs is 2. The van der Waals surface area contributed by atoms with E-state index in [2.05, 4.69) is 43.4 Å². The number of aromatic amines is 1. The molecule has 0 atom stereocenters. The Morgan fingerprint density at radius 1 is 1.27 bits per heavy atom. The Kier molecular flexibility index (Phi) is 4.38. The highest BCUT2D eigenvalue weighted by Crippen LogP contribution is 2.27. The summed E-state index contributed by atoms with van der Waals surface area (Å²) in [5.41, 5.74) is 6.09. The minimum atomic E-state index is -0.663. The summed E-state index contributed by atoms with van der Waals surface area (Å²) in [7, 11) is 0. The van der Waals surface area contributed by atoms with E-state index in [1.807, 2.05) is 20.0 Å². The molecule has 0 saturated carbocycles. The molecule has 2 aromatic heterocycles. The number of aliphatic hydroxyl groups is 1. The fourth-order valence-corrected chi connectivity index (χ4v) is 3.74. The molecule has 1 aromatic carbocycles. The summed E-state index contributed by atoms with van der Waals surface area (Å²) in [6.45, 7) is 6.98. The minimum absolute atomic E-state index is 0.663. The van der Waals surface area contributed by atoms with Crippen molar-refractivity contribution < 1.29 is 5.11 Å². The van der Waals surface area contributed by atoms with E-state index in [1.54, 1.807) is 12.4 Å². The Morgan fingerprint density at radius 2 is 2.12 bits per heavy atom. The van der Waals surface area contributed by atoms with Crippen molar-refractivity contribution in [3.05, 3.63) is 53.5 Å². The molecule has 1 aliphatic rings. The van der Waals surface area contributed by atoms with Gasteiger partial charge in [0, 0.05) is 56.0 Å². The number of hydrogen-bond donors (Lipinski definition) is 3. The maximum atomic E-state index is 10.1. The highest BCUT2D eigenvalue weighted by molar-refractivity contribution is 5.75. The van der Waals surface area contributed by atoms with Crippen LogP contribution < -0.4 is 5.32 Å². The molecule has 136 valence electrons. The highest BCUT2D eigenvalue weighted by Gasteiger charge is 2.23. The van der Waals surface area contributed by atoms with Gasteiger partial charge in [0.2, 0.25) is 0 Å². The lowest BCUT2D eigenvalue weighted by Gasteiger charge is -2.34. The van der Waals surface area contributed by atoms with Crippen LogP contribution in [0.4, 0.5) is 5.69 Å². The maximum Gasteiger partial charge on any atom is 0.156 e. The molecule has 0 fully saturated rings. The Morgan fingerprint density at radius 3 is 2.96 bits per heavy atom. The van der Waals surface area contributed by atoms with Gasteiger partial charge in [0.1, 0.15) is 5.52 Å². The van der Waals surface area contributed by atoms with E-state index in [4.69, 9.17) is 0 Å². The number of nitrogens with one attached hydrogen (secondary N) is 2. The van der Waals surface area contributed by atoms with E-state index in [1.165, 1.54) is 16.8 Å². The van der Waals surface area contributed by atoms with Crippen LogP contribution in [0.1, 0.15) is 30.5 Å². The molecule has 0 amide bonds. The van der Waals surface area contributed by atoms with Crippen molar-refractivity contribution in [1.29, 1.82) is 0 Å². The van der Waals surface area contributed by atoms with Gasteiger partial charge in [-0.1, -0.05) is 12.1 Å². The lowest BCUT2D eigenvalue weighted by molar-refractivity contribution is 0.0318. The molecule has 0 saturated heterocycles. The molecule has 0 radical (unpaired) electrons. The fourth-order valence-electron chi connectivity index (χ4n) is 3.74. The molecule has 0 aliphatic carbocycles. The van der Waals surface area contributed by atoms with Gasteiger partial charge in [0.15, 0.2) is 5.65 Å². The van der Waals surface area contributed by atoms with Gasteiger partial charge in [-0.25, -0.2) is 4.98 Å². The molecule has 3 heterocycles. The van der Waals surface area contributed by atoms with Crippen LogP contribution >= 0.6 is 0 Å². The number of β-amino-alcohol motifs (C(OH)–C–C–N with tert-alkyl or cyclic N) is 1. The second-order valence-electron chi connectivity index (χ2n) is 7.64. The van der Waals surface area contributed by atoms with Crippen LogP contribution in [0.2, 0.25) is 0 Å². The molecule has 0 unspecified atom stereocenters. The minimum Gasteiger partial charge on any atom is -0.389 e. The standard InChI is InChI=1S/C20H25N5O/c1-20(2,26)13-25-9-6-16-14(12-25)4-3-5-17(16)23-10-15-11-24-19-18(15)21-7-8-22-19/h3-5,7-8,11,23,26H,6,9-10,12-13H2,1-2H3,(H,22,24). The molecule has 26 heavy (non-hydrogen) atoms. The quantitative estimate of drug-likeness (QED) is 0.659. The molecule has 3 aromatic rings. The molecular formula is C20H25N5O. The average molecular weight is 351 g/mol. The zero-order chi connectivity index (χ0) is 18.1. The summed E-state index contributed by atoms with van der Waals surface area (Å²) < 4.78 is 0. The summed E-state index contributed by atoms with van der Waals surface area (Å²) in [6.07, 6.45) is 6.38. The molecule has 0 bridgehead atoms. The van der Waals surface area contributed by atoms with E-state index < -0.39 is 5.60 Å². The number of benzene rings is 1. The van der Waals surface area contributed by atoms with E-state index in [0.717, 1.165) is 36.2 Å². The summed E-state index contributed by atoms with van der Waals surface area (Å²) in [4.78, 5) is 14.2. The van der Waals surface area contributed by atoms with Gasteiger partial charge in [-0.05, 0) is 37.5 Å². The first-order valence-electron chi connectivity index (χ1n) is 9.06. The zero-order valence-electron chi connectivity index (χ0n) is 15.3. The van der Waals surface area contributed by atoms with Gasteiger partial charge in [0.25, 0.3) is 0 Å². The largest absolute Gasteiger partial charge is 0.389 e. The van der Waals surface area contributed by atoms with Crippen molar-refractivity contribution >= 4 is 16.9 Å². The van der Waals surface area contributed by atoms with Crippen molar-refractivity contribution in [2.75, 3.05) is 18.4 Å². The Balaban J connectivity index is 1.50. The van der Waals surface area contributed by atoms with E-state index in [-0.39, 0.29) is 0 Å². The number of H-pyrrole nitrogens is 1. The normalized spacial score (nSPS) is 15.2. The monoisotopic (exact) mass is 351 g/mol. The van der Waals surface area contributed by atoms with Crippen molar-refractivity contribution in [3.8, 4) is 0 Å². The zero-order valence-corrected chi connectivity index (χ0v) is 15.3. The first-order valence-corrected chi connectivity index (χ1v) is 9.06. The third kappa shape index (κ3) is 3.57. The van der Waals surface area contributed by atoms with Gasteiger partial charge < -0.3 is 15.4 Å². The third-order valence-electron chi connectivity index (χ3n) is 4.81. The molecule has 1 aliphatic heterocycles. The molecule has 6 nitrogen and oxygen atoms in total. The fraction of sp³-hybridized carbons (Fsp3) is 0.400. The van der Waals surface area contributed by atoms with Crippen molar-refractivity contribution in [2.24, 2.45) is 0 Å². The van der Waals surface area contributed by atoms with Crippen LogP contribution in [0.5, 0.6) is 0 Å². The summed E-state index contributed by atoms with van der Waals surface area (Å²) in [6, 6.07) is 6.43. The molecule has 6 heteroatoms. The average Bonchev–Trinajstić information content (AvgIpc) is 3.01. The smallest absolute Gasteiger partial charge is 0.156 e. The van der Waals surface area contributed by atoms with Crippen molar-refractivity contribution in [1.82, 2.24) is 19.9 Å². The van der Waals surface area contributed by atoms with Crippen LogP contribution in [-0.2, 0) is 19.5 Å². The van der Waals surface area contributed by atoms with Gasteiger partial charge in [-0.2, -0.15) is 0 Å². The highest BCUT2D eigenvalue weighted by atomic mass is 16.3. The van der Waals surface area contributed by atoms with E-state index in [9.17, 15) is 5.11 Å². The number of rotatable bonds is 5. The number of aromatic nitrogens is 3. The molecule has 3 N–H and O–H groups in total. The van der Waals surface area contributed by atoms with E-state index in [0.29, 0.717) is 13.1 Å². The van der Waals surface area contributed by atoms with Gasteiger partial charge >= 0.3 is 0 Å². The SMILES string of the molecule is CC(C)(O)CN1CCc2c(cccc2NCc2c[nH]c3nccnc23)C1. The van der Waals surface area contributed by atoms with Crippen LogP contribution in [0, 0.1) is 0 Å². The predicted octanol–water partition coefficient (Wildman–Crippen LogP) is 2.70. The second-order valence-corrected chi connectivity index (χ2v) is 7.64. The molecule has 0 spiro atoms.